The molecule has 0 bridgehead atoms. The molecule has 0 fully saturated rings. The summed E-state index contributed by atoms with van der Waals surface area (Å²) in [5.74, 6) is 0.488. The molecule has 2 aromatic carbocycles. The summed E-state index contributed by atoms with van der Waals surface area (Å²) in [7, 11) is 0. The molecule has 146 valence electrons. The minimum absolute atomic E-state index is 0.101. The van der Waals surface area contributed by atoms with E-state index in [9.17, 15) is 10.0 Å². The summed E-state index contributed by atoms with van der Waals surface area (Å²) in [6.07, 6.45) is 2.27. The number of rotatable bonds is 6. The number of nitrogens with zero attached hydrogens (tertiary/aromatic N) is 3. The number of hydrogen-bond donors (Lipinski definition) is 2. The first-order chi connectivity index (χ1) is 14.1. The van der Waals surface area contributed by atoms with E-state index in [1.165, 1.54) is 11.8 Å². The molecule has 3 aromatic rings. The third-order valence-electron chi connectivity index (χ3n) is 4.46. The van der Waals surface area contributed by atoms with Gasteiger partial charge < -0.3 is 10.7 Å². The lowest BCUT2D eigenvalue weighted by molar-refractivity contribution is -0.114. The van der Waals surface area contributed by atoms with Crippen molar-refractivity contribution in [3.63, 3.8) is 0 Å². The molecule has 0 radical (unpaired) electrons. The Bertz CT molecular complexity index is 1090. The lowest BCUT2D eigenvalue weighted by Crippen LogP contribution is -2.05. The number of anilines is 1. The van der Waals surface area contributed by atoms with E-state index in [0.29, 0.717) is 17.9 Å². The molecule has 0 amide bonds. The van der Waals surface area contributed by atoms with Crippen molar-refractivity contribution in [2.24, 2.45) is 10.2 Å². The third-order valence-corrected chi connectivity index (χ3v) is 5.57. The molecule has 0 aliphatic carbocycles. The van der Waals surface area contributed by atoms with Crippen LogP contribution in [-0.4, -0.2) is 32.5 Å². The predicted octanol–water partition coefficient (Wildman–Crippen LogP) is 4.48. The van der Waals surface area contributed by atoms with Crippen LogP contribution in [0, 0.1) is 5.21 Å². The fourth-order valence-corrected chi connectivity index (χ4v) is 3.74. The molecule has 29 heavy (non-hydrogen) atoms. The Labute approximate surface area is 171 Å². The summed E-state index contributed by atoms with van der Waals surface area (Å²) in [6, 6.07) is 15.5. The first-order valence-corrected chi connectivity index (χ1v) is 10.0. The Morgan fingerprint density at radius 2 is 1.83 bits per heavy atom. The van der Waals surface area contributed by atoms with Gasteiger partial charge in [0.1, 0.15) is 10.8 Å². The molecule has 0 saturated carbocycles. The smallest absolute Gasteiger partial charge is 0.140 e. The largest absolute Gasteiger partial charge is 0.761 e. The maximum atomic E-state index is 11.4. The second-order valence-corrected chi connectivity index (χ2v) is 7.71. The number of carbonyl (C=O) groups is 1. The fourth-order valence-electron chi connectivity index (χ4n) is 3.03. The topological polar surface area (TPSA) is 106 Å². The lowest BCUT2D eigenvalue weighted by atomic mass is 9.98. The van der Waals surface area contributed by atoms with E-state index in [-0.39, 0.29) is 5.78 Å². The zero-order valence-electron chi connectivity index (χ0n) is 15.7. The van der Waals surface area contributed by atoms with Crippen LogP contribution >= 0.6 is 11.8 Å². The van der Waals surface area contributed by atoms with Crippen molar-refractivity contribution in [1.29, 1.82) is 0 Å². The Morgan fingerprint density at radius 3 is 2.52 bits per heavy atom. The average Bonchev–Trinajstić information content (AvgIpc) is 3.44. The first-order valence-electron chi connectivity index (χ1n) is 9.02. The number of thioether (sulfide) groups is 1. The Hall–Kier alpha value is -3.23. The van der Waals surface area contributed by atoms with Crippen LogP contribution in [0.4, 0.5) is 5.69 Å². The van der Waals surface area contributed by atoms with Gasteiger partial charge in [-0.2, -0.15) is 10.2 Å². The molecule has 8 heteroatoms. The molecule has 1 aliphatic rings. The van der Waals surface area contributed by atoms with Crippen molar-refractivity contribution in [3.8, 4) is 22.4 Å². The van der Waals surface area contributed by atoms with Gasteiger partial charge in [0.2, 0.25) is 0 Å². The fraction of sp³-hybridized carbons (Fsp3) is 0.143. The number of Topliss-reactive ketones (excluding diaryl/α,β-unsaturated/α-hetero) is 1. The van der Waals surface area contributed by atoms with Gasteiger partial charge in [0, 0.05) is 23.9 Å². The highest BCUT2D eigenvalue weighted by Gasteiger charge is 2.17. The van der Waals surface area contributed by atoms with Gasteiger partial charge in [-0.05, 0) is 47.9 Å². The van der Waals surface area contributed by atoms with Gasteiger partial charge in [-0.15, -0.1) is 16.9 Å². The number of aromatic amines is 1. The summed E-state index contributed by atoms with van der Waals surface area (Å²) in [4.78, 5) is 11.2. The van der Waals surface area contributed by atoms with Crippen molar-refractivity contribution in [3.05, 3.63) is 65.5 Å². The molecule has 0 atom stereocenters. The second kappa shape index (κ2) is 8.42. The number of carbonyl (C=O) groups excluding carboxylic acids is 1. The molecule has 0 unspecified atom stereocenters. The minimum Gasteiger partial charge on any atom is -0.761 e. The van der Waals surface area contributed by atoms with Gasteiger partial charge in [-0.1, -0.05) is 24.3 Å². The quantitative estimate of drug-likeness (QED) is 0.589. The Balaban J connectivity index is 1.57. The molecule has 4 rings (SSSR count). The van der Waals surface area contributed by atoms with Gasteiger partial charge in [-0.3, -0.25) is 9.89 Å². The highest BCUT2D eigenvalue weighted by atomic mass is 32.2. The molecule has 0 spiro atoms. The Kier molecular flexibility index (Phi) is 5.55. The van der Waals surface area contributed by atoms with E-state index < -0.39 is 0 Å². The predicted molar refractivity (Wildman–Crippen MR) is 118 cm³/mol. The van der Waals surface area contributed by atoms with Crippen LogP contribution in [0.5, 0.6) is 0 Å². The van der Waals surface area contributed by atoms with E-state index >= 15 is 0 Å². The number of aromatic nitrogens is 2. The normalized spacial score (nSPS) is 13.2. The summed E-state index contributed by atoms with van der Waals surface area (Å²) in [5, 5.41) is 27.5. The summed E-state index contributed by atoms with van der Waals surface area (Å²) >= 11 is 1.40. The van der Waals surface area contributed by atoms with E-state index in [1.807, 2.05) is 47.9 Å². The number of nitrogens with one attached hydrogen (secondary N) is 2. The molecular weight excluding hydrogens is 386 g/mol. The molecule has 1 aliphatic heterocycles. The van der Waals surface area contributed by atoms with Crippen LogP contribution in [0.1, 0.15) is 18.9 Å². The molecule has 2 N–H and O–H groups in total. The standard InChI is InChI=1S/C21H18N5O2S/c1-13(27)12-29-21-11-20(24-25-21)17-8-16(9-18(10-17)26-28)14-2-4-15(5-3-14)19-6-7-22-23-19/h2-10,26H,11-12H2,1H3,(H,22,23)/q-1. The zero-order chi connectivity index (χ0) is 20.2. The monoisotopic (exact) mass is 404 g/mol. The second-order valence-electron chi connectivity index (χ2n) is 6.66. The van der Waals surface area contributed by atoms with Gasteiger partial charge in [0.25, 0.3) is 0 Å². The van der Waals surface area contributed by atoms with Crippen LogP contribution in [0.15, 0.2) is 64.9 Å². The van der Waals surface area contributed by atoms with Crippen molar-refractivity contribution >= 4 is 34.0 Å². The van der Waals surface area contributed by atoms with E-state index in [1.54, 1.807) is 19.2 Å². The summed E-state index contributed by atoms with van der Waals surface area (Å²) < 4.78 is 0. The number of H-pyrrole nitrogens is 1. The number of benzene rings is 2. The van der Waals surface area contributed by atoms with Gasteiger partial charge in [0.05, 0.1) is 17.2 Å². The van der Waals surface area contributed by atoms with Gasteiger partial charge in [0.15, 0.2) is 0 Å². The maximum absolute atomic E-state index is 11.4. The van der Waals surface area contributed by atoms with Crippen molar-refractivity contribution in [1.82, 2.24) is 10.2 Å². The SMILES string of the molecule is CC(=O)CSC1=NN=C(c2cc(N[O-])cc(-c3ccc(-c4ccn[nH]4)cc3)c2)C1. The molecule has 7 nitrogen and oxygen atoms in total. The minimum atomic E-state index is 0.101. The van der Waals surface area contributed by atoms with Crippen LogP contribution in [-0.2, 0) is 4.79 Å². The molecule has 1 aromatic heterocycles. The van der Waals surface area contributed by atoms with Crippen molar-refractivity contribution in [2.75, 3.05) is 11.2 Å². The number of hydrogen-bond acceptors (Lipinski definition) is 7. The molecule has 2 heterocycles. The van der Waals surface area contributed by atoms with Crippen molar-refractivity contribution in [2.45, 2.75) is 13.3 Å². The van der Waals surface area contributed by atoms with Crippen LogP contribution in [0.25, 0.3) is 22.4 Å². The average molecular weight is 404 g/mol. The Morgan fingerprint density at radius 1 is 1.07 bits per heavy atom. The lowest BCUT2D eigenvalue weighted by Gasteiger charge is -2.14. The van der Waals surface area contributed by atoms with Crippen LogP contribution < -0.4 is 5.48 Å². The van der Waals surface area contributed by atoms with Gasteiger partial charge in [-0.25, -0.2) is 0 Å². The molecular formula is C21H18N5O2S-. The number of ketones is 1. The molecule has 0 saturated heterocycles. The summed E-state index contributed by atoms with van der Waals surface area (Å²) in [6.45, 7) is 1.55. The van der Waals surface area contributed by atoms with Crippen molar-refractivity contribution < 1.29 is 4.79 Å². The summed E-state index contributed by atoms with van der Waals surface area (Å²) in [5.41, 5.74) is 7.92. The maximum Gasteiger partial charge on any atom is 0.140 e. The first kappa shape index (κ1) is 19.1. The van der Waals surface area contributed by atoms with Gasteiger partial charge >= 0.3 is 0 Å². The third kappa shape index (κ3) is 4.44. The van der Waals surface area contributed by atoms with Crippen LogP contribution in [0.2, 0.25) is 0 Å². The zero-order valence-corrected chi connectivity index (χ0v) is 16.5. The highest BCUT2D eigenvalue weighted by molar-refractivity contribution is 8.14. The van der Waals surface area contributed by atoms with Crippen LogP contribution in [0.3, 0.4) is 0 Å². The van der Waals surface area contributed by atoms with E-state index in [4.69, 9.17) is 0 Å². The van der Waals surface area contributed by atoms with E-state index in [0.717, 1.165) is 38.7 Å². The highest BCUT2D eigenvalue weighted by Crippen LogP contribution is 2.29. The van der Waals surface area contributed by atoms with E-state index in [2.05, 4.69) is 20.4 Å².